The number of hydrogen-bond acceptors (Lipinski definition) is 11. The molecule has 14 nitrogen and oxygen atoms in total. The summed E-state index contributed by atoms with van der Waals surface area (Å²) in [5.74, 6) is -0.0283. The molecule has 0 spiro atoms. The lowest BCUT2D eigenvalue weighted by molar-refractivity contribution is -0.385. The topological polar surface area (TPSA) is 178 Å². The van der Waals surface area contributed by atoms with Crippen molar-refractivity contribution in [3.05, 3.63) is 121 Å². The number of aromatic nitrogens is 3. The van der Waals surface area contributed by atoms with Gasteiger partial charge in [0.05, 0.1) is 34.1 Å². The molecule has 0 aliphatic heterocycles. The van der Waals surface area contributed by atoms with Crippen LogP contribution in [-0.2, 0) is 0 Å². The molecule has 0 unspecified atom stereocenters. The Hall–Kier alpha value is -6.44. The van der Waals surface area contributed by atoms with Crippen LogP contribution in [0.5, 0.6) is 17.4 Å². The van der Waals surface area contributed by atoms with Crippen molar-refractivity contribution in [3.63, 3.8) is 0 Å². The summed E-state index contributed by atoms with van der Waals surface area (Å²) in [5.41, 5.74) is -0.0311. The Morgan fingerprint density at radius 1 is 0.977 bits per heavy atom. The molecule has 0 N–H and O–H groups in total. The van der Waals surface area contributed by atoms with Crippen molar-refractivity contribution in [2.75, 3.05) is 7.11 Å². The van der Waals surface area contributed by atoms with E-state index in [1.54, 1.807) is 36.4 Å². The third kappa shape index (κ3) is 5.11. The van der Waals surface area contributed by atoms with E-state index in [0.29, 0.717) is 22.2 Å². The van der Waals surface area contributed by atoms with Crippen molar-refractivity contribution in [1.29, 1.82) is 0 Å². The summed E-state index contributed by atoms with van der Waals surface area (Å²) in [7, 11) is 1.29. The second-order valence-electron chi connectivity index (χ2n) is 9.00. The highest BCUT2D eigenvalue weighted by molar-refractivity contribution is 5.86. The quantitative estimate of drug-likeness (QED) is 0.123. The fourth-order valence-electron chi connectivity index (χ4n) is 4.32. The Morgan fingerprint density at radius 3 is 2.49 bits per heavy atom. The summed E-state index contributed by atoms with van der Waals surface area (Å²) in [5, 5.41) is 28.4. The smallest absolute Gasteiger partial charge is 0.316 e. The molecule has 212 valence electrons. The van der Waals surface area contributed by atoms with Crippen LogP contribution in [0.3, 0.4) is 0 Å². The molecule has 0 aliphatic carbocycles. The number of nitro groups is 2. The first-order chi connectivity index (χ1) is 20.8. The van der Waals surface area contributed by atoms with Crippen LogP contribution in [0.2, 0.25) is 0 Å². The molecule has 0 aliphatic rings. The molecule has 6 aromatic rings. The highest BCUT2D eigenvalue weighted by Gasteiger charge is 2.24. The van der Waals surface area contributed by atoms with Gasteiger partial charge in [0.1, 0.15) is 11.8 Å². The van der Waals surface area contributed by atoms with Crippen LogP contribution < -0.4 is 15.0 Å². The van der Waals surface area contributed by atoms with Crippen molar-refractivity contribution < 1.29 is 23.7 Å². The Morgan fingerprint density at radius 2 is 1.77 bits per heavy atom. The second kappa shape index (κ2) is 10.9. The third-order valence-corrected chi connectivity index (χ3v) is 6.33. The predicted octanol–water partition coefficient (Wildman–Crippen LogP) is 5.70. The summed E-state index contributed by atoms with van der Waals surface area (Å²) in [6.07, 6.45) is 2.21. The number of nitrogens with zero attached hydrogens (tertiary/aromatic N) is 6. The summed E-state index contributed by atoms with van der Waals surface area (Å²) in [4.78, 5) is 43.6. The Bertz CT molecular complexity index is 2100. The van der Waals surface area contributed by atoms with Crippen molar-refractivity contribution >= 4 is 39.5 Å². The van der Waals surface area contributed by atoms with Gasteiger partial charge < -0.3 is 13.9 Å². The highest BCUT2D eigenvalue weighted by Crippen LogP contribution is 2.40. The van der Waals surface area contributed by atoms with Gasteiger partial charge in [-0.2, -0.15) is 9.78 Å². The Labute approximate surface area is 240 Å². The van der Waals surface area contributed by atoms with E-state index < -0.39 is 21.1 Å². The molecule has 0 saturated heterocycles. The van der Waals surface area contributed by atoms with Gasteiger partial charge in [-0.05, 0) is 30.3 Å². The van der Waals surface area contributed by atoms with Crippen LogP contribution >= 0.6 is 0 Å². The largest absolute Gasteiger partial charge is 0.493 e. The van der Waals surface area contributed by atoms with E-state index in [1.807, 2.05) is 18.2 Å². The molecular formula is C29H18N6O8. The van der Waals surface area contributed by atoms with Gasteiger partial charge in [0, 0.05) is 29.1 Å². The number of rotatable bonds is 8. The summed E-state index contributed by atoms with van der Waals surface area (Å²) in [6, 6.07) is 20.8. The maximum atomic E-state index is 13.5. The Kier molecular flexibility index (Phi) is 6.76. The van der Waals surface area contributed by atoms with Crippen molar-refractivity contribution in [2.45, 2.75) is 0 Å². The first-order valence-electron chi connectivity index (χ1n) is 12.5. The summed E-state index contributed by atoms with van der Waals surface area (Å²) >= 11 is 0. The zero-order chi connectivity index (χ0) is 30.1. The van der Waals surface area contributed by atoms with Gasteiger partial charge in [-0.15, -0.1) is 0 Å². The zero-order valence-corrected chi connectivity index (χ0v) is 22.1. The SMILES string of the molecule is COc1cc(C=Nn2c(-c3cc4ccccc4o3)nc3ccccc3c2=O)cc([N+](=O)[O-])c1Oc1ccc([N+](=O)[O-])cn1. The van der Waals surface area contributed by atoms with Crippen LogP contribution in [0, 0.1) is 20.2 Å². The van der Waals surface area contributed by atoms with E-state index in [1.165, 1.54) is 31.5 Å². The normalized spacial score (nSPS) is 11.3. The van der Waals surface area contributed by atoms with Crippen LogP contribution in [0.15, 0.2) is 99.4 Å². The van der Waals surface area contributed by atoms with Gasteiger partial charge in [-0.3, -0.25) is 25.0 Å². The lowest BCUT2D eigenvalue weighted by Gasteiger charge is -2.11. The first-order valence-corrected chi connectivity index (χ1v) is 12.5. The molecule has 3 aromatic carbocycles. The molecule has 3 heterocycles. The van der Waals surface area contributed by atoms with Crippen LogP contribution in [-0.4, -0.2) is 37.8 Å². The summed E-state index contributed by atoms with van der Waals surface area (Å²) in [6.45, 7) is 0. The van der Waals surface area contributed by atoms with Crippen LogP contribution in [0.1, 0.15) is 5.56 Å². The number of methoxy groups -OCH3 is 1. The van der Waals surface area contributed by atoms with Gasteiger partial charge in [0.25, 0.3) is 11.2 Å². The molecule has 0 saturated carbocycles. The molecular weight excluding hydrogens is 560 g/mol. The van der Waals surface area contributed by atoms with Gasteiger partial charge in [0.2, 0.25) is 17.5 Å². The summed E-state index contributed by atoms with van der Waals surface area (Å²) < 4.78 is 18.0. The molecule has 14 heteroatoms. The minimum atomic E-state index is -0.690. The van der Waals surface area contributed by atoms with Crippen molar-refractivity contribution in [2.24, 2.45) is 5.10 Å². The molecule has 0 atom stereocenters. The van der Waals surface area contributed by atoms with Crippen molar-refractivity contribution in [3.8, 4) is 29.0 Å². The number of fused-ring (bicyclic) bond motifs is 2. The number of hydrogen-bond donors (Lipinski definition) is 0. The number of furan rings is 1. The van der Waals surface area contributed by atoms with Crippen molar-refractivity contribution in [1.82, 2.24) is 14.6 Å². The van der Waals surface area contributed by atoms with Gasteiger partial charge in [0.15, 0.2) is 11.5 Å². The standard InChI is InChI=1S/C29H18N6O8/c1-41-24-13-17(12-22(35(39)40)27(24)43-26-11-10-19(16-30-26)34(37)38)15-31-33-28(25-14-18-6-2-5-9-23(18)42-25)32-21-8-4-3-7-20(21)29(33)36/h2-16H,1H3. The highest BCUT2D eigenvalue weighted by atomic mass is 16.6. The molecule has 0 amide bonds. The van der Waals surface area contributed by atoms with Gasteiger partial charge in [-0.25, -0.2) is 9.97 Å². The van der Waals surface area contributed by atoms with Gasteiger partial charge >= 0.3 is 5.69 Å². The van der Waals surface area contributed by atoms with E-state index in [0.717, 1.165) is 22.3 Å². The number of pyridine rings is 1. The third-order valence-electron chi connectivity index (χ3n) is 6.33. The molecule has 0 radical (unpaired) electrons. The Balaban J connectivity index is 1.45. The fourth-order valence-corrected chi connectivity index (χ4v) is 4.32. The molecule has 6 rings (SSSR count). The average Bonchev–Trinajstić information content (AvgIpc) is 3.45. The minimum Gasteiger partial charge on any atom is -0.493 e. The van der Waals surface area contributed by atoms with Crippen LogP contribution in [0.4, 0.5) is 11.4 Å². The first kappa shape index (κ1) is 26.8. The molecule has 0 fully saturated rings. The predicted molar refractivity (Wildman–Crippen MR) is 155 cm³/mol. The number of ether oxygens (including phenoxy) is 2. The molecule has 3 aromatic heterocycles. The van der Waals surface area contributed by atoms with E-state index in [-0.39, 0.29) is 34.5 Å². The lowest BCUT2D eigenvalue weighted by Crippen LogP contribution is -2.20. The van der Waals surface area contributed by atoms with E-state index in [4.69, 9.17) is 13.9 Å². The van der Waals surface area contributed by atoms with E-state index >= 15 is 0 Å². The maximum Gasteiger partial charge on any atom is 0.316 e. The molecule has 0 bridgehead atoms. The number of nitro benzene ring substituents is 1. The maximum absolute atomic E-state index is 13.5. The number of benzene rings is 3. The monoisotopic (exact) mass is 578 g/mol. The van der Waals surface area contributed by atoms with Gasteiger partial charge in [-0.1, -0.05) is 30.3 Å². The fraction of sp³-hybridized carbons (Fsp3) is 0.0345. The average molecular weight is 578 g/mol. The van der Waals surface area contributed by atoms with E-state index in [2.05, 4.69) is 15.1 Å². The second-order valence-corrected chi connectivity index (χ2v) is 9.00. The number of para-hydroxylation sites is 2. The zero-order valence-electron chi connectivity index (χ0n) is 22.1. The van der Waals surface area contributed by atoms with Crippen LogP contribution in [0.25, 0.3) is 33.5 Å². The lowest BCUT2D eigenvalue weighted by atomic mass is 10.2. The van der Waals surface area contributed by atoms with E-state index in [9.17, 15) is 25.0 Å². The molecule has 43 heavy (non-hydrogen) atoms. The minimum absolute atomic E-state index is 0.0442.